The first kappa shape index (κ1) is 20.3. The van der Waals surface area contributed by atoms with Gasteiger partial charge in [0.2, 0.25) is 0 Å². The number of nitrogens with one attached hydrogen (secondary N) is 1. The van der Waals surface area contributed by atoms with Crippen molar-refractivity contribution < 1.29 is 5.11 Å². The summed E-state index contributed by atoms with van der Waals surface area (Å²) in [5, 5.41) is 16.4. The van der Waals surface area contributed by atoms with Gasteiger partial charge in [0.15, 0.2) is 0 Å². The van der Waals surface area contributed by atoms with Crippen LogP contribution in [0.3, 0.4) is 0 Å². The standard InChI is InChI=1S/C21H17Cl4NO/c22-15-7-4-13(5-8-15)21(27)12-20(14-6-9-18(24)19(25)10-14)26-17-3-1-2-16(23)11-17/h1-11,20-21,26-27H,12H2. The predicted octanol–water partition coefficient (Wildman–Crippen LogP) is 7.58. The van der Waals surface area contributed by atoms with E-state index in [0.717, 1.165) is 16.8 Å². The molecule has 140 valence electrons. The van der Waals surface area contributed by atoms with Crippen molar-refractivity contribution >= 4 is 52.1 Å². The molecule has 3 aromatic carbocycles. The van der Waals surface area contributed by atoms with Crippen molar-refractivity contribution in [3.05, 3.63) is 97.9 Å². The third-order valence-corrected chi connectivity index (χ3v) is 5.45. The lowest BCUT2D eigenvalue weighted by Gasteiger charge is -2.24. The first-order valence-corrected chi connectivity index (χ1v) is 9.84. The number of hydrogen-bond acceptors (Lipinski definition) is 2. The Morgan fingerprint density at radius 1 is 0.741 bits per heavy atom. The molecular formula is C21H17Cl4NO. The zero-order valence-electron chi connectivity index (χ0n) is 14.2. The Kier molecular flexibility index (Phi) is 6.91. The molecule has 27 heavy (non-hydrogen) atoms. The zero-order chi connectivity index (χ0) is 19.4. The first-order valence-electron chi connectivity index (χ1n) is 8.33. The normalized spacial score (nSPS) is 13.2. The van der Waals surface area contributed by atoms with Gasteiger partial charge in [0.1, 0.15) is 0 Å². The van der Waals surface area contributed by atoms with Crippen LogP contribution in [-0.2, 0) is 0 Å². The van der Waals surface area contributed by atoms with E-state index >= 15 is 0 Å². The Morgan fingerprint density at radius 2 is 1.44 bits per heavy atom. The Bertz CT molecular complexity index is 914. The van der Waals surface area contributed by atoms with E-state index in [0.29, 0.717) is 26.5 Å². The lowest BCUT2D eigenvalue weighted by atomic mass is 9.96. The number of anilines is 1. The summed E-state index contributed by atoms with van der Waals surface area (Å²) in [4.78, 5) is 0. The molecular weight excluding hydrogens is 424 g/mol. The summed E-state index contributed by atoms with van der Waals surface area (Å²) in [6.07, 6.45) is -0.264. The largest absolute Gasteiger partial charge is 0.388 e. The third-order valence-electron chi connectivity index (χ3n) is 4.23. The van der Waals surface area contributed by atoms with Crippen LogP contribution in [0.4, 0.5) is 5.69 Å². The molecule has 0 bridgehead atoms. The summed E-state index contributed by atoms with van der Waals surface area (Å²) >= 11 is 24.3. The van der Waals surface area contributed by atoms with Crippen molar-refractivity contribution in [2.75, 3.05) is 5.32 Å². The van der Waals surface area contributed by atoms with Crippen LogP contribution in [0.25, 0.3) is 0 Å². The number of benzene rings is 3. The smallest absolute Gasteiger partial charge is 0.0813 e. The fraction of sp³-hybridized carbons (Fsp3) is 0.143. The molecule has 0 aliphatic rings. The van der Waals surface area contributed by atoms with Gasteiger partial charge < -0.3 is 10.4 Å². The lowest BCUT2D eigenvalue weighted by molar-refractivity contribution is 0.160. The maximum absolute atomic E-state index is 10.7. The molecule has 2 atom stereocenters. The summed E-state index contributed by atoms with van der Waals surface area (Å²) in [7, 11) is 0. The van der Waals surface area contributed by atoms with Crippen LogP contribution < -0.4 is 5.32 Å². The average Bonchev–Trinajstić information content (AvgIpc) is 2.64. The van der Waals surface area contributed by atoms with Gasteiger partial charge in [-0.1, -0.05) is 70.7 Å². The van der Waals surface area contributed by atoms with Crippen LogP contribution in [0.1, 0.15) is 29.7 Å². The van der Waals surface area contributed by atoms with Gasteiger partial charge in [0.25, 0.3) is 0 Å². The highest BCUT2D eigenvalue weighted by Gasteiger charge is 2.19. The van der Waals surface area contributed by atoms with Crippen molar-refractivity contribution in [2.24, 2.45) is 0 Å². The monoisotopic (exact) mass is 439 g/mol. The molecule has 0 aliphatic heterocycles. The Labute approximate surface area is 178 Å². The van der Waals surface area contributed by atoms with E-state index < -0.39 is 6.10 Å². The van der Waals surface area contributed by atoms with Crippen molar-refractivity contribution in [3.63, 3.8) is 0 Å². The van der Waals surface area contributed by atoms with Crippen molar-refractivity contribution in [1.29, 1.82) is 0 Å². The molecule has 3 rings (SSSR count). The molecule has 0 heterocycles. The van der Waals surface area contributed by atoms with E-state index in [1.807, 2.05) is 42.5 Å². The molecule has 0 aliphatic carbocycles. The highest BCUT2D eigenvalue weighted by atomic mass is 35.5. The van der Waals surface area contributed by atoms with E-state index in [1.165, 1.54) is 0 Å². The van der Waals surface area contributed by atoms with Gasteiger partial charge in [-0.15, -0.1) is 0 Å². The second-order valence-corrected chi connectivity index (χ2v) is 7.87. The molecule has 0 spiro atoms. The van der Waals surface area contributed by atoms with Gasteiger partial charge in [-0.2, -0.15) is 0 Å². The minimum Gasteiger partial charge on any atom is -0.388 e. The molecule has 0 amide bonds. The van der Waals surface area contributed by atoms with E-state index in [9.17, 15) is 5.11 Å². The Morgan fingerprint density at radius 3 is 2.11 bits per heavy atom. The van der Waals surface area contributed by atoms with Crippen molar-refractivity contribution in [1.82, 2.24) is 0 Å². The topological polar surface area (TPSA) is 32.3 Å². The molecule has 2 N–H and O–H groups in total. The molecule has 0 aromatic heterocycles. The van der Waals surface area contributed by atoms with Gasteiger partial charge in [0, 0.05) is 22.2 Å². The maximum atomic E-state index is 10.7. The van der Waals surface area contributed by atoms with Crippen molar-refractivity contribution in [3.8, 4) is 0 Å². The van der Waals surface area contributed by atoms with Crippen LogP contribution in [0.5, 0.6) is 0 Å². The fourth-order valence-corrected chi connectivity index (χ4v) is 3.45. The molecule has 0 radical (unpaired) electrons. The van der Waals surface area contributed by atoms with Gasteiger partial charge >= 0.3 is 0 Å². The van der Waals surface area contributed by atoms with Crippen LogP contribution in [0.15, 0.2) is 66.7 Å². The maximum Gasteiger partial charge on any atom is 0.0813 e. The molecule has 3 aromatic rings. The minimum atomic E-state index is -0.687. The number of hydrogen-bond donors (Lipinski definition) is 2. The van der Waals surface area contributed by atoms with Gasteiger partial charge in [-0.3, -0.25) is 0 Å². The molecule has 0 fully saturated rings. The van der Waals surface area contributed by atoms with E-state index in [-0.39, 0.29) is 6.04 Å². The quantitative estimate of drug-likeness (QED) is 0.414. The van der Waals surface area contributed by atoms with Crippen LogP contribution in [0.2, 0.25) is 20.1 Å². The second kappa shape index (κ2) is 9.18. The Balaban J connectivity index is 1.88. The fourth-order valence-electron chi connectivity index (χ4n) is 2.83. The van der Waals surface area contributed by atoms with Gasteiger partial charge in [-0.25, -0.2) is 0 Å². The average molecular weight is 441 g/mol. The summed E-state index contributed by atoms with van der Waals surface area (Å²) in [5.74, 6) is 0. The van der Waals surface area contributed by atoms with E-state index in [1.54, 1.807) is 24.3 Å². The summed E-state index contributed by atoms with van der Waals surface area (Å²) in [5.41, 5.74) is 2.55. The minimum absolute atomic E-state index is 0.205. The predicted molar refractivity (Wildman–Crippen MR) is 115 cm³/mol. The SMILES string of the molecule is OC(CC(Nc1cccc(Cl)c1)c1ccc(Cl)c(Cl)c1)c1ccc(Cl)cc1. The number of aliphatic hydroxyl groups excluding tert-OH is 1. The number of rotatable bonds is 6. The Hall–Kier alpha value is -1.42. The molecule has 0 saturated carbocycles. The highest BCUT2D eigenvalue weighted by molar-refractivity contribution is 6.42. The van der Waals surface area contributed by atoms with E-state index in [2.05, 4.69) is 5.32 Å². The van der Waals surface area contributed by atoms with Crippen LogP contribution >= 0.6 is 46.4 Å². The zero-order valence-corrected chi connectivity index (χ0v) is 17.2. The second-order valence-electron chi connectivity index (χ2n) is 6.18. The highest BCUT2D eigenvalue weighted by Crippen LogP contribution is 2.33. The van der Waals surface area contributed by atoms with Crippen molar-refractivity contribution in [2.45, 2.75) is 18.6 Å². The molecule has 2 unspecified atom stereocenters. The molecule has 0 saturated heterocycles. The lowest BCUT2D eigenvalue weighted by Crippen LogP contribution is -2.15. The number of halogens is 4. The first-order chi connectivity index (χ1) is 12.9. The molecule has 6 heteroatoms. The third kappa shape index (κ3) is 5.54. The summed E-state index contributed by atoms with van der Waals surface area (Å²) < 4.78 is 0. The van der Waals surface area contributed by atoms with E-state index in [4.69, 9.17) is 46.4 Å². The summed E-state index contributed by atoms with van der Waals surface area (Å²) in [6, 6.07) is 19.8. The van der Waals surface area contributed by atoms with Crippen LogP contribution in [0, 0.1) is 0 Å². The number of aliphatic hydroxyl groups is 1. The summed E-state index contributed by atoms with van der Waals surface area (Å²) in [6.45, 7) is 0. The van der Waals surface area contributed by atoms with Gasteiger partial charge in [-0.05, 0) is 53.6 Å². The molecule has 2 nitrogen and oxygen atoms in total. The van der Waals surface area contributed by atoms with Gasteiger partial charge in [0.05, 0.1) is 22.2 Å². The van der Waals surface area contributed by atoms with Crippen LogP contribution in [-0.4, -0.2) is 5.11 Å².